The van der Waals surface area contributed by atoms with Crippen LogP contribution < -0.4 is 0 Å². The van der Waals surface area contributed by atoms with Crippen LogP contribution in [0.1, 0.15) is 87.9 Å². The van der Waals surface area contributed by atoms with Gasteiger partial charge >= 0.3 is 5.97 Å². The van der Waals surface area contributed by atoms with Crippen molar-refractivity contribution in [3.05, 3.63) is 47.5 Å². The van der Waals surface area contributed by atoms with Gasteiger partial charge in [0.1, 0.15) is 6.61 Å². The highest BCUT2D eigenvalue weighted by Crippen LogP contribution is 2.45. The van der Waals surface area contributed by atoms with E-state index in [2.05, 4.69) is 19.1 Å². The topological polar surface area (TPSA) is 87.0 Å². The fourth-order valence-corrected chi connectivity index (χ4v) is 4.93. The molecule has 0 bridgehead atoms. The Hall–Kier alpha value is -1.40. The molecule has 0 aromatic heterocycles. The van der Waals surface area contributed by atoms with Crippen LogP contribution in [0.4, 0.5) is 0 Å². The van der Waals surface area contributed by atoms with E-state index in [1.54, 1.807) is 0 Å². The number of halogens is 1. The van der Waals surface area contributed by atoms with Gasteiger partial charge in [0.25, 0.3) is 0 Å². The number of unbranched alkanes of at least 4 members (excludes halogenated alkanes) is 3. The van der Waals surface area contributed by atoms with Crippen LogP contribution in [0.15, 0.2) is 36.4 Å². The fourth-order valence-electron chi connectivity index (χ4n) is 4.49. The molecule has 1 fully saturated rings. The molecule has 2 rings (SSSR count). The molecule has 0 radical (unpaired) electrons. The third-order valence-electron chi connectivity index (χ3n) is 6.28. The van der Waals surface area contributed by atoms with Crippen molar-refractivity contribution in [2.45, 2.75) is 88.2 Å². The zero-order valence-corrected chi connectivity index (χ0v) is 19.9. The average Bonchev–Trinajstić information content (AvgIpc) is 3.07. The SMILES string of the molecule is CCCCCC(O)c1ccc([C@H]2C(O)C[C@@H](Cl)[C@@H]2C/C=C\CCCC(=O)OCCO)cc1. The van der Waals surface area contributed by atoms with Crippen LogP contribution >= 0.6 is 11.6 Å². The van der Waals surface area contributed by atoms with E-state index in [0.717, 1.165) is 49.7 Å². The molecule has 1 aromatic carbocycles. The number of rotatable bonds is 14. The van der Waals surface area contributed by atoms with Gasteiger partial charge in [-0.25, -0.2) is 0 Å². The summed E-state index contributed by atoms with van der Waals surface area (Å²) in [5, 5.41) is 29.6. The summed E-state index contributed by atoms with van der Waals surface area (Å²) in [6.45, 7) is 2.05. The molecular weight excluding hydrogens is 428 g/mol. The first-order valence-electron chi connectivity index (χ1n) is 12.0. The zero-order chi connectivity index (χ0) is 23.3. The molecule has 0 heterocycles. The first kappa shape index (κ1) is 26.8. The monoisotopic (exact) mass is 466 g/mol. The fraction of sp³-hybridized carbons (Fsp3) is 0.654. The third kappa shape index (κ3) is 8.51. The summed E-state index contributed by atoms with van der Waals surface area (Å²) < 4.78 is 4.84. The molecule has 180 valence electrons. The lowest BCUT2D eigenvalue weighted by Gasteiger charge is -2.23. The largest absolute Gasteiger partial charge is 0.463 e. The van der Waals surface area contributed by atoms with Crippen molar-refractivity contribution in [3.8, 4) is 0 Å². The molecular formula is C26H39ClO5. The Morgan fingerprint density at radius 3 is 2.66 bits per heavy atom. The number of allylic oxidation sites excluding steroid dienone is 2. The molecule has 1 aliphatic rings. The summed E-state index contributed by atoms with van der Waals surface area (Å²) in [4.78, 5) is 11.4. The van der Waals surface area contributed by atoms with Crippen LogP contribution in [-0.2, 0) is 9.53 Å². The van der Waals surface area contributed by atoms with Gasteiger partial charge in [-0.2, -0.15) is 0 Å². The van der Waals surface area contributed by atoms with Crippen molar-refractivity contribution in [1.29, 1.82) is 0 Å². The van der Waals surface area contributed by atoms with E-state index in [1.807, 2.05) is 24.3 Å². The van der Waals surface area contributed by atoms with Gasteiger partial charge in [-0.3, -0.25) is 4.79 Å². The van der Waals surface area contributed by atoms with Gasteiger partial charge < -0.3 is 20.1 Å². The molecule has 6 heteroatoms. The summed E-state index contributed by atoms with van der Waals surface area (Å²) in [5.41, 5.74) is 1.99. The molecule has 1 aliphatic carbocycles. The molecule has 3 N–H and O–H groups in total. The number of hydrogen-bond acceptors (Lipinski definition) is 5. The van der Waals surface area contributed by atoms with Crippen LogP contribution in [0.3, 0.4) is 0 Å². The van der Waals surface area contributed by atoms with Crippen molar-refractivity contribution in [3.63, 3.8) is 0 Å². The zero-order valence-electron chi connectivity index (χ0n) is 19.2. The van der Waals surface area contributed by atoms with Gasteiger partial charge in [-0.1, -0.05) is 62.6 Å². The highest BCUT2D eigenvalue weighted by atomic mass is 35.5. The summed E-state index contributed by atoms with van der Waals surface area (Å²) >= 11 is 6.59. The lowest BCUT2D eigenvalue weighted by Crippen LogP contribution is -2.18. The minimum absolute atomic E-state index is 0.0260. The van der Waals surface area contributed by atoms with Crippen LogP contribution in [-0.4, -0.2) is 46.0 Å². The Kier molecular flexibility index (Phi) is 12.3. The Bertz CT molecular complexity index is 690. The van der Waals surface area contributed by atoms with Crippen molar-refractivity contribution >= 4 is 17.6 Å². The first-order chi connectivity index (χ1) is 15.5. The Labute approximate surface area is 197 Å². The maximum atomic E-state index is 11.4. The van der Waals surface area contributed by atoms with E-state index in [9.17, 15) is 15.0 Å². The number of aliphatic hydroxyl groups is 3. The molecule has 5 atom stereocenters. The van der Waals surface area contributed by atoms with Gasteiger partial charge in [0, 0.05) is 17.7 Å². The smallest absolute Gasteiger partial charge is 0.305 e. The Balaban J connectivity index is 1.88. The number of esters is 1. The summed E-state index contributed by atoms with van der Waals surface area (Å²) in [6, 6.07) is 8.00. The summed E-state index contributed by atoms with van der Waals surface area (Å²) in [7, 11) is 0. The summed E-state index contributed by atoms with van der Waals surface area (Å²) in [5.74, 6) is -0.175. The number of alkyl halides is 1. The number of hydrogen-bond donors (Lipinski definition) is 3. The predicted octanol–water partition coefficient (Wildman–Crippen LogP) is 5.02. The molecule has 1 saturated carbocycles. The van der Waals surface area contributed by atoms with E-state index in [4.69, 9.17) is 21.4 Å². The van der Waals surface area contributed by atoms with Crippen LogP contribution in [0.5, 0.6) is 0 Å². The van der Waals surface area contributed by atoms with Crippen molar-refractivity contribution in [1.82, 2.24) is 0 Å². The minimum atomic E-state index is -0.475. The Morgan fingerprint density at radius 2 is 1.97 bits per heavy atom. The highest BCUT2D eigenvalue weighted by Gasteiger charge is 2.41. The van der Waals surface area contributed by atoms with Crippen molar-refractivity contribution in [2.75, 3.05) is 13.2 Å². The molecule has 0 aliphatic heterocycles. The first-order valence-corrected chi connectivity index (χ1v) is 12.4. The standard InChI is InChI=1S/C26H39ClO5/c1-2-3-6-10-23(29)19-12-14-20(15-13-19)26-21(22(27)18-24(26)30)9-7-4-5-8-11-25(31)32-17-16-28/h4,7,12-15,21-24,26,28-30H,2-3,5-6,8-11,16-18H2,1H3/b7-4-/t21-,22+,23?,24?,26+/m0/s1. The molecule has 0 saturated heterocycles. The molecule has 0 amide bonds. The minimum Gasteiger partial charge on any atom is -0.463 e. The Morgan fingerprint density at radius 1 is 1.22 bits per heavy atom. The second-order valence-corrected chi connectivity index (χ2v) is 9.29. The van der Waals surface area contributed by atoms with Gasteiger partial charge in [0.05, 0.1) is 18.8 Å². The normalized spacial score (nSPS) is 24.2. The lowest BCUT2D eigenvalue weighted by atomic mass is 9.84. The molecule has 2 unspecified atom stereocenters. The van der Waals surface area contributed by atoms with Crippen LogP contribution in [0, 0.1) is 5.92 Å². The molecule has 5 nitrogen and oxygen atoms in total. The second-order valence-electron chi connectivity index (χ2n) is 8.73. The van der Waals surface area contributed by atoms with Crippen LogP contribution in [0.25, 0.3) is 0 Å². The van der Waals surface area contributed by atoms with E-state index in [0.29, 0.717) is 19.3 Å². The van der Waals surface area contributed by atoms with E-state index < -0.39 is 12.2 Å². The molecule has 0 spiro atoms. The number of carbonyl (C=O) groups is 1. The molecule has 32 heavy (non-hydrogen) atoms. The van der Waals surface area contributed by atoms with E-state index >= 15 is 0 Å². The number of benzene rings is 1. The highest BCUT2D eigenvalue weighted by molar-refractivity contribution is 6.21. The maximum Gasteiger partial charge on any atom is 0.305 e. The van der Waals surface area contributed by atoms with Gasteiger partial charge in [-0.15, -0.1) is 11.6 Å². The van der Waals surface area contributed by atoms with Crippen LogP contribution in [0.2, 0.25) is 0 Å². The van der Waals surface area contributed by atoms with Gasteiger partial charge in [-0.05, 0) is 49.1 Å². The number of ether oxygens (including phenoxy) is 1. The third-order valence-corrected chi connectivity index (χ3v) is 6.78. The van der Waals surface area contributed by atoms with Gasteiger partial charge in [0.2, 0.25) is 0 Å². The lowest BCUT2D eigenvalue weighted by molar-refractivity contribution is -0.144. The maximum absolute atomic E-state index is 11.4. The predicted molar refractivity (Wildman–Crippen MR) is 128 cm³/mol. The van der Waals surface area contributed by atoms with Gasteiger partial charge in [0.15, 0.2) is 0 Å². The second kappa shape index (κ2) is 14.7. The quantitative estimate of drug-likeness (QED) is 0.155. The van der Waals surface area contributed by atoms with E-state index in [-0.39, 0.29) is 36.4 Å². The molecule has 1 aromatic rings. The van der Waals surface area contributed by atoms with Crippen molar-refractivity contribution < 1.29 is 24.9 Å². The number of carbonyl (C=O) groups excluding carboxylic acids is 1. The van der Waals surface area contributed by atoms with E-state index in [1.165, 1.54) is 0 Å². The van der Waals surface area contributed by atoms with Crippen molar-refractivity contribution in [2.24, 2.45) is 5.92 Å². The average molecular weight is 467 g/mol. The number of aliphatic hydroxyl groups excluding tert-OH is 3. The summed E-state index contributed by atoms with van der Waals surface area (Å²) in [6.07, 6.45) is 10.4.